The Labute approximate surface area is 267 Å². The second-order valence-corrected chi connectivity index (χ2v) is 11.7. The molecular weight excluding hydrogens is 672 g/mol. The third-order valence-corrected chi connectivity index (χ3v) is 8.42. The van der Waals surface area contributed by atoms with Gasteiger partial charge in [0.2, 0.25) is 0 Å². The number of thiophene rings is 1. The van der Waals surface area contributed by atoms with Crippen molar-refractivity contribution in [3.8, 4) is 5.75 Å². The summed E-state index contributed by atoms with van der Waals surface area (Å²) < 4.78 is 6.79. The molecule has 2 N–H and O–H groups in total. The molecule has 5 aromatic rings. The number of benzene rings is 4. The lowest BCUT2D eigenvalue weighted by molar-refractivity contribution is -0.384. The van der Waals surface area contributed by atoms with Gasteiger partial charge in [-0.05, 0) is 67.6 Å². The number of hydrazone groups is 1. The molecule has 0 spiro atoms. The van der Waals surface area contributed by atoms with Crippen LogP contribution in [0.15, 0.2) is 94.5 Å². The summed E-state index contributed by atoms with van der Waals surface area (Å²) in [6.45, 7) is 1.92. The SMILES string of the molecule is Cc1ccc(C(=O)Oc2ccc(Br)cc2/C=N\NC(=O)c2ccc(NC(=O)c3sc4cc([N+](=O)[O-])ccc4c3Cl)cc2)cc1. The lowest BCUT2D eigenvalue weighted by Crippen LogP contribution is -2.18. The maximum atomic E-state index is 12.9. The summed E-state index contributed by atoms with van der Waals surface area (Å²) in [5, 5.41) is 18.5. The predicted molar refractivity (Wildman–Crippen MR) is 173 cm³/mol. The number of carbonyl (C=O) groups excluding carboxylic acids is 3. The molecule has 0 atom stereocenters. The van der Waals surface area contributed by atoms with E-state index in [4.69, 9.17) is 16.3 Å². The Morgan fingerprint density at radius 3 is 2.36 bits per heavy atom. The number of carbonyl (C=O) groups is 3. The molecule has 0 bridgehead atoms. The van der Waals surface area contributed by atoms with Gasteiger partial charge in [-0.25, -0.2) is 10.2 Å². The van der Waals surface area contributed by atoms with Crippen molar-refractivity contribution >= 4 is 84.3 Å². The van der Waals surface area contributed by atoms with Crippen molar-refractivity contribution in [1.82, 2.24) is 5.43 Å². The van der Waals surface area contributed by atoms with Gasteiger partial charge in [0.25, 0.3) is 17.5 Å². The summed E-state index contributed by atoms with van der Waals surface area (Å²) in [6, 6.07) is 22.3. The van der Waals surface area contributed by atoms with Gasteiger partial charge in [0, 0.05) is 43.5 Å². The van der Waals surface area contributed by atoms with Crippen LogP contribution in [0.25, 0.3) is 10.1 Å². The minimum absolute atomic E-state index is 0.0980. The Morgan fingerprint density at radius 2 is 1.66 bits per heavy atom. The monoisotopic (exact) mass is 690 g/mol. The number of nitro benzene ring substituents is 1. The molecule has 0 aliphatic carbocycles. The molecule has 0 aliphatic rings. The number of non-ortho nitro benzene ring substituents is 1. The highest BCUT2D eigenvalue weighted by Crippen LogP contribution is 2.37. The van der Waals surface area contributed by atoms with E-state index in [2.05, 4.69) is 31.8 Å². The second-order valence-electron chi connectivity index (χ2n) is 9.35. The topological polar surface area (TPSA) is 140 Å². The van der Waals surface area contributed by atoms with Crippen LogP contribution in [0.3, 0.4) is 0 Å². The van der Waals surface area contributed by atoms with Gasteiger partial charge in [-0.1, -0.05) is 45.2 Å². The smallest absolute Gasteiger partial charge is 0.343 e. The highest BCUT2D eigenvalue weighted by Gasteiger charge is 2.20. The Hall–Kier alpha value is -4.91. The number of nitrogens with zero attached hydrogens (tertiary/aromatic N) is 2. The number of esters is 1. The van der Waals surface area contributed by atoms with E-state index in [0.29, 0.717) is 26.9 Å². The number of halogens is 2. The van der Waals surface area contributed by atoms with Crippen LogP contribution in [-0.2, 0) is 0 Å². The minimum atomic E-state index is -0.531. The molecule has 0 aliphatic heterocycles. The molecule has 0 fully saturated rings. The third-order valence-electron chi connectivity index (χ3n) is 6.27. The summed E-state index contributed by atoms with van der Waals surface area (Å²) in [4.78, 5) is 48.9. The van der Waals surface area contributed by atoms with Gasteiger partial charge in [-0.15, -0.1) is 11.3 Å². The Bertz CT molecular complexity index is 1960. The van der Waals surface area contributed by atoms with Crippen LogP contribution in [0.4, 0.5) is 11.4 Å². The van der Waals surface area contributed by atoms with Gasteiger partial charge < -0.3 is 10.1 Å². The van der Waals surface area contributed by atoms with Crippen molar-refractivity contribution in [2.75, 3.05) is 5.32 Å². The summed E-state index contributed by atoms with van der Waals surface area (Å²) in [7, 11) is 0. The van der Waals surface area contributed by atoms with E-state index in [1.54, 1.807) is 42.5 Å². The number of nitrogens with one attached hydrogen (secondary N) is 2. The van der Waals surface area contributed by atoms with Gasteiger partial charge in [0.15, 0.2) is 0 Å². The van der Waals surface area contributed by atoms with E-state index >= 15 is 0 Å². The minimum Gasteiger partial charge on any atom is -0.422 e. The number of hydrogen-bond donors (Lipinski definition) is 2. The predicted octanol–water partition coefficient (Wildman–Crippen LogP) is 7.77. The Morgan fingerprint density at radius 1 is 0.955 bits per heavy atom. The second kappa shape index (κ2) is 13.2. The molecule has 2 amide bonds. The van der Waals surface area contributed by atoms with Crippen LogP contribution in [0.1, 0.15) is 41.5 Å². The molecule has 5 rings (SSSR count). The van der Waals surface area contributed by atoms with Crippen molar-refractivity contribution in [3.05, 3.63) is 132 Å². The molecule has 10 nitrogen and oxygen atoms in total. The van der Waals surface area contributed by atoms with Crippen molar-refractivity contribution in [2.45, 2.75) is 6.92 Å². The van der Waals surface area contributed by atoms with Crippen molar-refractivity contribution < 1.29 is 24.0 Å². The molecule has 0 saturated carbocycles. The summed E-state index contributed by atoms with van der Waals surface area (Å²) >= 11 is 10.8. The molecule has 220 valence electrons. The zero-order valence-electron chi connectivity index (χ0n) is 22.7. The number of amides is 2. The fraction of sp³-hybridized carbons (Fsp3) is 0.0323. The van der Waals surface area contributed by atoms with Crippen LogP contribution < -0.4 is 15.5 Å². The zero-order chi connectivity index (χ0) is 31.4. The van der Waals surface area contributed by atoms with E-state index in [9.17, 15) is 24.5 Å². The van der Waals surface area contributed by atoms with Crippen LogP contribution in [0.5, 0.6) is 5.75 Å². The van der Waals surface area contributed by atoms with Gasteiger partial charge in [-0.2, -0.15) is 5.10 Å². The fourth-order valence-corrected chi connectivity index (χ4v) is 5.82. The molecule has 0 radical (unpaired) electrons. The van der Waals surface area contributed by atoms with Gasteiger partial charge in [-0.3, -0.25) is 19.7 Å². The molecule has 0 saturated heterocycles. The molecule has 1 aromatic heterocycles. The van der Waals surface area contributed by atoms with Crippen molar-refractivity contribution in [1.29, 1.82) is 0 Å². The molecule has 1 heterocycles. The Kier molecular flexibility index (Phi) is 9.14. The van der Waals surface area contributed by atoms with E-state index in [1.807, 2.05) is 19.1 Å². The number of aryl methyl sites for hydroxylation is 1. The summed E-state index contributed by atoms with van der Waals surface area (Å²) in [5.41, 5.74) is 4.87. The quantitative estimate of drug-likeness (QED) is 0.0560. The van der Waals surface area contributed by atoms with Crippen molar-refractivity contribution in [2.24, 2.45) is 5.10 Å². The first kappa shape index (κ1) is 30.5. The largest absolute Gasteiger partial charge is 0.422 e. The van der Waals surface area contributed by atoms with Crippen LogP contribution in [0, 0.1) is 17.0 Å². The fourth-order valence-electron chi connectivity index (χ4n) is 3.99. The molecule has 44 heavy (non-hydrogen) atoms. The number of fused-ring (bicyclic) bond motifs is 1. The molecular formula is C31H20BrClN4O6S. The van der Waals surface area contributed by atoms with Crippen LogP contribution >= 0.6 is 38.9 Å². The standard InChI is InChI=1S/C31H20BrClN4O6S/c1-17-2-4-19(5-3-17)31(40)43-25-13-8-21(32)14-20(25)16-34-36-29(38)18-6-9-22(10-7-18)35-30(39)28-27(33)24-12-11-23(37(41)42)15-26(24)44-28/h2-16H,1H3,(H,35,39)(H,36,38)/b34-16-. The number of ether oxygens (including phenoxy) is 1. The number of anilines is 1. The average molecular weight is 692 g/mol. The van der Waals surface area contributed by atoms with E-state index in [0.717, 1.165) is 21.4 Å². The lowest BCUT2D eigenvalue weighted by atomic mass is 10.1. The Balaban J connectivity index is 1.22. The summed E-state index contributed by atoms with van der Waals surface area (Å²) in [6.07, 6.45) is 1.36. The maximum Gasteiger partial charge on any atom is 0.343 e. The highest BCUT2D eigenvalue weighted by molar-refractivity contribution is 9.10. The first-order chi connectivity index (χ1) is 21.1. The summed E-state index contributed by atoms with van der Waals surface area (Å²) in [5.74, 6) is -1.28. The normalized spacial score (nSPS) is 11.0. The molecule has 13 heteroatoms. The van der Waals surface area contributed by atoms with E-state index in [1.165, 1.54) is 36.5 Å². The number of nitro groups is 1. The van der Waals surface area contributed by atoms with Crippen molar-refractivity contribution in [3.63, 3.8) is 0 Å². The molecule has 0 unspecified atom stereocenters. The van der Waals surface area contributed by atoms with Gasteiger partial charge >= 0.3 is 5.97 Å². The average Bonchev–Trinajstić information content (AvgIpc) is 3.34. The number of hydrogen-bond acceptors (Lipinski definition) is 8. The highest BCUT2D eigenvalue weighted by atomic mass is 79.9. The zero-order valence-corrected chi connectivity index (χ0v) is 25.8. The van der Waals surface area contributed by atoms with Gasteiger partial charge in [0.05, 0.1) is 21.7 Å². The lowest BCUT2D eigenvalue weighted by Gasteiger charge is -2.08. The van der Waals surface area contributed by atoms with E-state index < -0.39 is 22.7 Å². The first-order valence-corrected chi connectivity index (χ1v) is 14.8. The van der Waals surface area contributed by atoms with Crippen LogP contribution in [0.2, 0.25) is 5.02 Å². The third kappa shape index (κ3) is 7.00. The molecule has 4 aromatic carbocycles. The first-order valence-electron chi connectivity index (χ1n) is 12.8. The van der Waals surface area contributed by atoms with E-state index in [-0.39, 0.29) is 26.9 Å². The maximum absolute atomic E-state index is 12.9. The van der Waals surface area contributed by atoms with Gasteiger partial charge in [0.1, 0.15) is 10.6 Å². The number of rotatable bonds is 8. The van der Waals surface area contributed by atoms with Crippen LogP contribution in [-0.4, -0.2) is 28.9 Å².